The molecule has 0 aliphatic rings. The van der Waals surface area contributed by atoms with E-state index < -0.39 is 0 Å². The van der Waals surface area contributed by atoms with E-state index in [-0.39, 0.29) is 6.04 Å². The van der Waals surface area contributed by atoms with Crippen LogP contribution in [0.1, 0.15) is 31.0 Å². The molecule has 2 rings (SSSR count). The first-order chi connectivity index (χ1) is 9.74. The summed E-state index contributed by atoms with van der Waals surface area (Å²) in [5, 5.41) is 4.19. The Labute approximate surface area is 124 Å². The van der Waals surface area contributed by atoms with Crippen molar-refractivity contribution in [2.24, 2.45) is 0 Å². The van der Waals surface area contributed by atoms with Crippen LogP contribution in [0.2, 0.25) is 5.02 Å². The van der Waals surface area contributed by atoms with Crippen LogP contribution in [0, 0.1) is 0 Å². The predicted molar refractivity (Wildman–Crippen MR) is 82.4 cm³/mol. The van der Waals surface area contributed by atoms with Crippen LogP contribution in [-0.2, 0) is 0 Å². The van der Waals surface area contributed by atoms with Crippen molar-refractivity contribution in [2.45, 2.75) is 19.9 Å². The largest absolute Gasteiger partial charge is 0.492 e. The van der Waals surface area contributed by atoms with Gasteiger partial charge >= 0.3 is 0 Å². The van der Waals surface area contributed by atoms with Crippen molar-refractivity contribution < 1.29 is 4.74 Å². The number of ether oxygens (including phenoxy) is 1. The first-order valence-corrected chi connectivity index (χ1v) is 7.19. The van der Waals surface area contributed by atoms with Crippen LogP contribution in [-0.4, -0.2) is 18.1 Å². The second-order valence-electron chi connectivity index (χ2n) is 4.43. The van der Waals surface area contributed by atoms with Crippen LogP contribution < -0.4 is 10.1 Å². The molecular weight excluding hydrogens is 272 g/mol. The summed E-state index contributed by atoms with van der Waals surface area (Å²) in [5.41, 5.74) is 2.19. The number of halogens is 1. The molecule has 3 nitrogen and oxygen atoms in total. The molecule has 20 heavy (non-hydrogen) atoms. The Morgan fingerprint density at radius 3 is 2.75 bits per heavy atom. The van der Waals surface area contributed by atoms with Gasteiger partial charge in [-0.2, -0.15) is 0 Å². The lowest BCUT2D eigenvalue weighted by Crippen LogP contribution is -2.22. The average Bonchev–Trinajstić information content (AvgIpc) is 2.45. The van der Waals surface area contributed by atoms with E-state index in [1.807, 2.05) is 37.4 Å². The molecule has 2 aromatic rings. The van der Waals surface area contributed by atoms with Crippen LogP contribution in [0.3, 0.4) is 0 Å². The summed E-state index contributed by atoms with van der Waals surface area (Å²) in [6, 6.07) is 9.95. The predicted octanol–water partition coefficient (Wildman–Crippen LogP) is 3.83. The molecule has 0 amide bonds. The Morgan fingerprint density at radius 2 is 2.05 bits per heavy atom. The van der Waals surface area contributed by atoms with E-state index in [1.54, 1.807) is 6.20 Å². The lowest BCUT2D eigenvalue weighted by molar-refractivity contribution is 0.338. The second-order valence-corrected chi connectivity index (χ2v) is 4.87. The maximum absolute atomic E-state index is 6.09. The lowest BCUT2D eigenvalue weighted by Gasteiger charge is -2.19. The number of pyridine rings is 1. The van der Waals surface area contributed by atoms with Gasteiger partial charge in [0.05, 0.1) is 18.8 Å². The smallest absolute Gasteiger partial charge is 0.137 e. The van der Waals surface area contributed by atoms with Crippen molar-refractivity contribution in [3.05, 3.63) is 58.9 Å². The molecule has 0 bridgehead atoms. The maximum atomic E-state index is 6.09. The van der Waals surface area contributed by atoms with E-state index in [0.29, 0.717) is 6.61 Å². The fourth-order valence-electron chi connectivity index (χ4n) is 2.16. The molecule has 0 saturated heterocycles. The van der Waals surface area contributed by atoms with Crippen LogP contribution in [0.25, 0.3) is 0 Å². The highest BCUT2D eigenvalue weighted by molar-refractivity contribution is 6.30. The van der Waals surface area contributed by atoms with E-state index in [1.165, 1.54) is 0 Å². The van der Waals surface area contributed by atoms with Crippen LogP contribution in [0.4, 0.5) is 0 Å². The molecular formula is C16H19ClN2O. The zero-order chi connectivity index (χ0) is 14.4. The minimum absolute atomic E-state index is 0.0617. The summed E-state index contributed by atoms with van der Waals surface area (Å²) in [5.74, 6) is 0.787. The Hall–Kier alpha value is -1.58. The number of hydrogen-bond donors (Lipinski definition) is 1. The summed E-state index contributed by atoms with van der Waals surface area (Å²) in [7, 11) is 0. The lowest BCUT2D eigenvalue weighted by atomic mass is 10.00. The highest BCUT2D eigenvalue weighted by Crippen LogP contribution is 2.26. The Bertz CT molecular complexity index is 560. The van der Waals surface area contributed by atoms with Gasteiger partial charge in [-0.05, 0) is 42.8 Å². The van der Waals surface area contributed by atoms with Gasteiger partial charge in [0.25, 0.3) is 0 Å². The molecule has 1 atom stereocenters. The van der Waals surface area contributed by atoms with E-state index >= 15 is 0 Å². The standard InChI is InChI=1S/C16H19ClN2O/c1-3-19-16(12-6-5-7-14(17)8-12)13-9-15(20-4-2)11-18-10-13/h5-11,16,19H,3-4H2,1-2H3. The minimum atomic E-state index is 0.0617. The van der Waals surface area contributed by atoms with Crippen molar-refractivity contribution in [1.29, 1.82) is 0 Å². The molecule has 0 fully saturated rings. The molecule has 1 aromatic carbocycles. The summed E-state index contributed by atoms with van der Waals surface area (Å²) in [6.45, 7) is 5.53. The maximum Gasteiger partial charge on any atom is 0.137 e. The quantitative estimate of drug-likeness (QED) is 0.878. The molecule has 1 unspecified atom stereocenters. The fourth-order valence-corrected chi connectivity index (χ4v) is 2.36. The van der Waals surface area contributed by atoms with E-state index in [9.17, 15) is 0 Å². The molecule has 1 N–H and O–H groups in total. The first kappa shape index (κ1) is 14.8. The monoisotopic (exact) mass is 290 g/mol. The molecule has 4 heteroatoms. The van der Waals surface area contributed by atoms with Crippen molar-refractivity contribution in [2.75, 3.05) is 13.2 Å². The van der Waals surface area contributed by atoms with E-state index in [0.717, 1.165) is 28.4 Å². The van der Waals surface area contributed by atoms with E-state index in [2.05, 4.69) is 23.3 Å². The summed E-state index contributed by atoms with van der Waals surface area (Å²) in [4.78, 5) is 4.26. The van der Waals surface area contributed by atoms with Crippen LogP contribution in [0.5, 0.6) is 5.75 Å². The van der Waals surface area contributed by atoms with Gasteiger partial charge in [0.2, 0.25) is 0 Å². The third-order valence-corrected chi connectivity index (χ3v) is 3.20. The minimum Gasteiger partial charge on any atom is -0.492 e. The van der Waals surface area contributed by atoms with Gasteiger partial charge in [0.1, 0.15) is 5.75 Å². The van der Waals surface area contributed by atoms with Crippen molar-refractivity contribution >= 4 is 11.6 Å². The average molecular weight is 291 g/mol. The molecule has 0 spiro atoms. The fraction of sp³-hybridized carbons (Fsp3) is 0.312. The SMILES string of the molecule is CCNC(c1cccc(Cl)c1)c1cncc(OCC)c1. The number of nitrogens with one attached hydrogen (secondary N) is 1. The highest BCUT2D eigenvalue weighted by atomic mass is 35.5. The molecule has 0 saturated carbocycles. The molecule has 0 aliphatic heterocycles. The third-order valence-electron chi connectivity index (χ3n) is 2.97. The van der Waals surface area contributed by atoms with Crippen molar-refractivity contribution in [1.82, 2.24) is 10.3 Å². The zero-order valence-corrected chi connectivity index (χ0v) is 12.5. The summed E-state index contributed by atoms with van der Waals surface area (Å²) >= 11 is 6.09. The number of nitrogens with zero attached hydrogens (tertiary/aromatic N) is 1. The number of hydrogen-bond acceptors (Lipinski definition) is 3. The topological polar surface area (TPSA) is 34.2 Å². The van der Waals surface area contributed by atoms with Gasteiger partial charge in [0.15, 0.2) is 0 Å². The molecule has 1 heterocycles. The normalized spacial score (nSPS) is 12.2. The first-order valence-electron chi connectivity index (χ1n) is 6.81. The number of benzene rings is 1. The summed E-state index contributed by atoms with van der Waals surface area (Å²) < 4.78 is 5.52. The van der Waals surface area contributed by atoms with Crippen molar-refractivity contribution in [3.8, 4) is 5.75 Å². The molecule has 0 aliphatic carbocycles. The van der Waals surface area contributed by atoms with Gasteiger partial charge in [0, 0.05) is 11.2 Å². The van der Waals surface area contributed by atoms with Crippen molar-refractivity contribution in [3.63, 3.8) is 0 Å². The molecule has 106 valence electrons. The van der Waals surface area contributed by atoms with Crippen LogP contribution in [0.15, 0.2) is 42.7 Å². The van der Waals surface area contributed by atoms with Gasteiger partial charge in [-0.3, -0.25) is 4.98 Å². The van der Waals surface area contributed by atoms with Gasteiger partial charge in [-0.15, -0.1) is 0 Å². The van der Waals surface area contributed by atoms with Gasteiger partial charge < -0.3 is 10.1 Å². The summed E-state index contributed by atoms with van der Waals surface area (Å²) in [6.07, 6.45) is 3.59. The number of aromatic nitrogens is 1. The third kappa shape index (κ3) is 3.71. The Balaban J connectivity index is 2.35. The second kappa shape index (κ2) is 7.27. The van der Waals surface area contributed by atoms with E-state index in [4.69, 9.17) is 16.3 Å². The van der Waals surface area contributed by atoms with Crippen LogP contribution >= 0.6 is 11.6 Å². The molecule has 1 aromatic heterocycles. The Kier molecular flexibility index (Phi) is 5.39. The number of rotatable bonds is 6. The highest BCUT2D eigenvalue weighted by Gasteiger charge is 2.14. The Morgan fingerprint density at radius 1 is 1.20 bits per heavy atom. The molecule has 0 radical (unpaired) electrons. The zero-order valence-electron chi connectivity index (χ0n) is 11.8. The van der Waals surface area contributed by atoms with Gasteiger partial charge in [-0.1, -0.05) is 30.7 Å². The van der Waals surface area contributed by atoms with Gasteiger partial charge in [-0.25, -0.2) is 0 Å².